The molecular formula is C14H18ClN3. The average molecular weight is 264 g/mol. The van der Waals surface area contributed by atoms with E-state index in [1.165, 1.54) is 11.3 Å². The first-order chi connectivity index (χ1) is 8.70. The Bertz CT molecular complexity index is 520. The minimum Gasteiger partial charge on any atom is -0.378 e. The highest BCUT2D eigenvalue weighted by molar-refractivity contribution is 6.33. The van der Waals surface area contributed by atoms with Crippen molar-refractivity contribution in [2.75, 3.05) is 5.32 Å². The van der Waals surface area contributed by atoms with Crippen LogP contribution in [-0.4, -0.2) is 9.78 Å². The lowest BCUT2D eigenvalue weighted by Gasteiger charge is -2.10. The molecule has 0 saturated carbocycles. The lowest BCUT2D eigenvalue weighted by atomic mass is 10.2. The molecule has 96 valence electrons. The summed E-state index contributed by atoms with van der Waals surface area (Å²) in [5, 5.41) is 8.42. The molecule has 0 aliphatic carbocycles. The van der Waals surface area contributed by atoms with Gasteiger partial charge in [0, 0.05) is 12.7 Å². The molecule has 1 aromatic carbocycles. The molecular weight excluding hydrogens is 246 g/mol. The van der Waals surface area contributed by atoms with Gasteiger partial charge in [0.05, 0.1) is 22.9 Å². The Kier molecular flexibility index (Phi) is 4.26. The standard InChI is InChI=1S/C14H18ClN3/c1-3-8-18-12(6-7-17-18)10-16-14-9-11(2)4-5-13(14)15/h4-7,9,16H,3,8,10H2,1-2H3. The smallest absolute Gasteiger partial charge is 0.0637 e. The SMILES string of the molecule is CCCn1nccc1CNc1cc(C)ccc1Cl. The molecule has 2 aromatic rings. The van der Waals surface area contributed by atoms with Crippen LogP contribution in [0.3, 0.4) is 0 Å². The summed E-state index contributed by atoms with van der Waals surface area (Å²) in [5.41, 5.74) is 3.35. The molecule has 2 rings (SSSR count). The van der Waals surface area contributed by atoms with Gasteiger partial charge in [0.25, 0.3) is 0 Å². The molecule has 18 heavy (non-hydrogen) atoms. The summed E-state index contributed by atoms with van der Waals surface area (Å²) < 4.78 is 2.02. The number of rotatable bonds is 5. The molecule has 0 aliphatic rings. The Morgan fingerprint density at radius 3 is 2.94 bits per heavy atom. The summed E-state index contributed by atoms with van der Waals surface area (Å²) in [6, 6.07) is 8.02. The summed E-state index contributed by atoms with van der Waals surface area (Å²) >= 11 is 6.15. The van der Waals surface area contributed by atoms with Gasteiger partial charge in [0.15, 0.2) is 0 Å². The van der Waals surface area contributed by atoms with Gasteiger partial charge in [-0.25, -0.2) is 0 Å². The molecule has 0 amide bonds. The van der Waals surface area contributed by atoms with E-state index < -0.39 is 0 Å². The molecule has 1 heterocycles. The summed E-state index contributed by atoms with van der Waals surface area (Å²) in [6.07, 6.45) is 2.92. The fourth-order valence-corrected chi connectivity index (χ4v) is 2.07. The van der Waals surface area contributed by atoms with E-state index in [0.29, 0.717) is 0 Å². The minimum atomic E-state index is 0.739. The van der Waals surface area contributed by atoms with Gasteiger partial charge in [-0.1, -0.05) is 24.6 Å². The maximum absolute atomic E-state index is 6.15. The van der Waals surface area contributed by atoms with E-state index in [2.05, 4.69) is 30.3 Å². The first-order valence-corrected chi connectivity index (χ1v) is 6.59. The van der Waals surface area contributed by atoms with E-state index in [1.54, 1.807) is 0 Å². The van der Waals surface area contributed by atoms with E-state index in [9.17, 15) is 0 Å². The van der Waals surface area contributed by atoms with Crippen LogP contribution < -0.4 is 5.32 Å². The molecule has 0 saturated heterocycles. The van der Waals surface area contributed by atoms with E-state index >= 15 is 0 Å². The van der Waals surface area contributed by atoms with Crippen molar-refractivity contribution in [3.05, 3.63) is 46.7 Å². The second-order valence-corrected chi connectivity index (χ2v) is 4.79. The second-order valence-electron chi connectivity index (χ2n) is 4.38. The molecule has 0 spiro atoms. The minimum absolute atomic E-state index is 0.739. The molecule has 0 fully saturated rings. The number of benzene rings is 1. The second kappa shape index (κ2) is 5.91. The molecule has 0 atom stereocenters. The predicted molar refractivity (Wildman–Crippen MR) is 76.0 cm³/mol. The molecule has 1 aromatic heterocycles. The van der Waals surface area contributed by atoms with Crippen molar-refractivity contribution in [1.29, 1.82) is 0 Å². The third kappa shape index (κ3) is 3.05. The van der Waals surface area contributed by atoms with Gasteiger partial charge in [-0.3, -0.25) is 4.68 Å². The van der Waals surface area contributed by atoms with Crippen LogP contribution in [-0.2, 0) is 13.1 Å². The number of anilines is 1. The highest BCUT2D eigenvalue weighted by Crippen LogP contribution is 2.23. The van der Waals surface area contributed by atoms with Crippen LogP contribution >= 0.6 is 11.6 Å². The average Bonchev–Trinajstić information content (AvgIpc) is 2.78. The van der Waals surface area contributed by atoms with Gasteiger partial charge in [-0.2, -0.15) is 5.10 Å². The highest BCUT2D eigenvalue weighted by Gasteiger charge is 2.04. The van der Waals surface area contributed by atoms with Crippen LogP contribution in [0.25, 0.3) is 0 Å². The molecule has 4 heteroatoms. The zero-order valence-corrected chi connectivity index (χ0v) is 11.5. The van der Waals surface area contributed by atoms with Crippen molar-refractivity contribution >= 4 is 17.3 Å². The van der Waals surface area contributed by atoms with Crippen LogP contribution in [0.5, 0.6) is 0 Å². The van der Waals surface area contributed by atoms with Gasteiger partial charge in [0.2, 0.25) is 0 Å². The van der Waals surface area contributed by atoms with Crippen LogP contribution in [0.4, 0.5) is 5.69 Å². The molecule has 0 bridgehead atoms. The lowest BCUT2D eigenvalue weighted by molar-refractivity contribution is 0.578. The number of hydrogen-bond acceptors (Lipinski definition) is 2. The van der Waals surface area contributed by atoms with Gasteiger partial charge in [-0.15, -0.1) is 0 Å². The van der Waals surface area contributed by atoms with Gasteiger partial charge in [0.1, 0.15) is 0 Å². The first-order valence-electron chi connectivity index (χ1n) is 6.21. The first kappa shape index (κ1) is 13.0. The monoisotopic (exact) mass is 263 g/mol. The highest BCUT2D eigenvalue weighted by atomic mass is 35.5. The normalized spacial score (nSPS) is 10.6. The van der Waals surface area contributed by atoms with Crippen LogP contribution in [0.15, 0.2) is 30.5 Å². The van der Waals surface area contributed by atoms with Crippen molar-refractivity contribution in [3.63, 3.8) is 0 Å². The molecule has 1 N–H and O–H groups in total. The number of nitrogens with zero attached hydrogens (tertiary/aromatic N) is 2. The Labute approximate surface area is 113 Å². The van der Waals surface area contributed by atoms with Crippen molar-refractivity contribution < 1.29 is 0 Å². The van der Waals surface area contributed by atoms with Crippen LogP contribution in [0, 0.1) is 6.92 Å². The Morgan fingerprint density at radius 2 is 2.17 bits per heavy atom. The summed E-state index contributed by atoms with van der Waals surface area (Å²) in [5.74, 6) is 0. The maximum atomic E-state index is 6.15. The number of hydrogen-bond donors (Lipinski definition) is 1. The van der Waals surface area contributed by atoms with E-state index in [-0.39, 0.29) is 0 Å². The van der Waals surface area contributed by atoms with Crippen molar-refractivity contribution in [2.45, 2.75) is 33.4 Å². The quantitative estimate of drug-likeness (QED) is 0.888. The largest absolute Gasteiger partial charge is 0.378 e. The topological polar surface area (TPSA) is 29.9 Å². The summed E-state index contributed by atoms with van der Waals surface area (Å²) in [6.45, 7) is 5.90. The van der Waals surface area contributed by atoms with E-state index in [0.717, 1.165) is 30.2 Å². The molecule has 0 radical (unpaired) electrons. The Hall–Kier alpha value is -1.48. The summed E-state index contributed by atoms with van der Waals surface area (Å²) in [4.78, 5) is 0. The Morgan fingerprint density at radius 1 is 1.33 bits per heavy atom. The summed E-state index contributed by atoms with van der Waals surface area (Å²) in [7, 11) is 0. The van der Waals surface area contributed by atoms with Crippen molar-refractivity contribution in [3.8, 4) is 0 Å². The van der Waals surface area contributed by atoms with E-state index in [4.69, 9.17) is 11.6 Å². The number of nitrogens with one attached hydrogen (secondary N) is 1. The van der Waals surface area contributed by atoms with Crippen molar-refractivity contribution in [2.24, 2.45) is 0 Å². The van der Waals surface area contributed by atoms with Crippen LogP contribution in [0.2, 0.25) is 5.02 Å². The molecule has 0 aliphatic heterocycles. The fraction of sp³-hybridized carbons (Fsp3) is 0.357. The third-order valence-electron chi connectivity index (χ3n) is 2.82. The zero-order chi connectivity index (χ0) is 13.0. The zero-order valence-electron chi connectivity index (χ0n) is 10.8. The molecule has 0 unspecified atom stereocenters. The van der Waals surface area contributed by atoms with Crippen LogP contribution in [0.1, 0.15) is 24.6 Å². The molecule has 3 nitrogen and oxygen atoms in total. The maximum Gasteiger partial charge on any atom is 0.0637 e. The van der Waals surface area contributed by atoms with Gasteiger partial charge < -0.3 is 5.32 Å². The van der Waals surface area contributed by atoms with E-state index in [1.807, 2.05) is 29.1 Å². The number of halogens is 1. The fourth-order valence-electron chi connectivity index (χ4n) is 1.88. The number of aromatic nitrogens is 2. The number of aryl methyl sites for hydroxylation is 2. The predicted octanol–water partition coefficient (Wildman–Crippen LogP) is 3.87. The van der Waals surface area contributed by atoms with Gasteiger partial charge >= 0.3 is 0 Å². The van der Waals surface area contributed by atoms with Crippen molar-refractivity contribution in [1.82, 2.24) is 9.78 Å². The lowest BCUT2D eigenvalue weighted by Crippen LogP contribution is -2.09. The Balaban J connectivity index is 2.06. The van der Waals surface area contributed by atoms with Gasteiger partial charge in [-0.05, 0) is 37.1 Å². The third-order valence-corrected chi connectivity index (χ3v) is 3.15.